The number of halogens is 1. The van der Waals surface area contributed by atoms with Crippen LogP contribution in [0.15, 0.2) is 12.1 Å². The SMILES string of the molecule is COc1cc(NCCNC(=O)C2CC2)c(F)cc1N. The topological polar surface area (TPSA) is 76.4 Å². The summed E-state index contributed by atoms with van der Waals surface area (Å²) in [6, 6.07) is 2.72. The van der Waals surface area contributed by atoms with Crippen LogP contribution in [-0.4, -0.2) is 26.1 Å². The lowest BCUT2D eigenvalue weighted by molar-refractivity contribution is -0.122. The molecule has 0 saturated heterocycles. The van der Waals surface area contributed by atoms with Gasteiger partial charge >= 0.3 is 0 Å². The van der Waals surface area contributed by atoms with E-state index in [1.165, 1.54) is 19.2 Å². The second kappa shape index (κ2) is 5.77. The van der Waals surface area contributed by atoms with Crippen LogP contribution in [0.1, 0.15) is 12.8 Å². The highest BCUT2D eigenvalue weighted by Gasteiger charge is 2.28. The predicted octanol–water partition coefficient (Wildman–Crippen LogP) is 1.35. The molecule has 4 N–H and O–H groups in total. The molecule has 0 unspecified atom stereocenters. The number of hydrogen-bond donors (Lipinski definition) is 3. The number of benzene rings is 1. The second-order valence-electron chi connectivity index (χ2n) is 4.57. The fourth-order valence-corrected chi connectivity index (χ4v) is 1.75. The van der Waals surface area contributed by atoms with Crippen molar-refractivity contribution < 1.29 is 13.9 Å². The average molecular weight is 267 g/mol. The first-order valence-electron chi connectivity index (χ1n) is 6.26. The van der Waals surface area contributed by atoms with Crippen LogP contribution in [0.4, 0.5) is 15.8 Å². The number of ether oxygens (including phenoxy) is 1. The molecule has 1 aromatic rings. The lowest BCUT2D eigenvalue weighted by atomic mass is 10.2. The van der Waals surface area contributed by atoms with E-state index in [2.05, 4.69) is 10.6 Å². The number of carbonyl (C=O) groups excluding carboxylic acids is 1. The molecule has 0 bridgehead atoms. The number of hydrogen-bond acceptors (Lipinski definition) is 4. The molecule has 1 aliphatic carbocycles. The van der Waals surface area contributed by atoms with E-state index in [1.54, 1.807) is 0 Å². The fraction of sp³-hybridized carbons (Fsp3) is 0.462. The average Bonchev–Trinajstić information content (AvgIpc) is 3.20. The Morgan fingerprint density at radius 2 is 2.21 bits per heavy atom. The van der Waals surface area contributed by atoms with Crippen molar-refractivity contribution in [1.29, 1.82) is 0 Å². The molecule has 5 nitrogen and oxygen atoms in total. The summed E-state index contributed by atoms with van der Waals surface area (Å²) < 4.78 is 18.6. The minimum absolute atomic E-state index is 0.0807. The highest BCUT2D eigenvalue weighted by molar-refractivity contribution is 5.80. The number of nitrogen functional groups attached to an aromatic ring is 1. The maximum absolute atomic E-state index is 13.6. The number of amides is 1. The quantitative estimate of drug-likeness (QED) is 0.537. The van der Waals surface area contributed by atoms with Gasteiger partial charge < -0.3 is 21.1 Å². The number of carbonyl (C=O) groups is 1. The summed E-state index contributed by atoms with van der Waals surface area (Å²) >= 11 is 0. The fourth-order valence-electron chi connectivity index (χ4n) is 1.75. The van der Waals surface area contributed by atoms with Crippen molar-refractivity contribution in [3.63, 3.8) is 0 Å². The van der Waals surface area contributed by atoms with Gasteiger partial charge in [-0.25, -0.2) is 4.39 Å². The van der Waals surface area contributed by atoms with Crippen molar-refractivity contribution in [3.05, 3.63) is 17.9 Å². The number of nitrogens with one attached hydrogen (secondary N) is 2. The Bertz CT molecular complexity index is 475. The van der Waals surface area contributed by atoms with Crippen molar-refractivity contribution in [2.24, 2.45) is 5.92 Å². The van der Waals surface area contributed by atoms with Gasteiger partial charge in [0.25, 0.3) is 0 Å². The molecule has 0 aromatic heterocycles. The number of rotatable bonds is 6. The lowest BCUT2D eigenvalue weighted by Gasteiger charge is -2.11. The highest BCUT2D eigenvalue weighted by atomic mass is 19.1. The van der Waals surface area contributed by atoms with Crippen LogP contribution < -0.4 is 21.1 Å². The van der Waals surface area contributed by atoms with Crippen molar-refractivity contribution in [2.75, 3.05) is 31.2 Å². The van der Waals surface area contributed by atoms with Gasteiger partial charge in [0.15, 0.2) is 0 Å². The molecule has 0 atom stereocenters. The lowest BCUT2D eigenvalue weighted by Crippen LogP contribution is -2.29. The van der Waals surface area contributed by atoms with Gasteiger partial charge in [0.05, 0.1) is 18.5 Å². The van der Waals surface area contributed by atoms with E-state index in [0.29, 0.717) is 24.5 Å². The van der Waals surface area contributed by atoms with Gasteiger partial charge in [-0.3, -0.25) is 4.79 Å². The van der Waals surface area contributed by atoms with Crippen molar-refractivity contribution >= 4 is 17.3 Å². The predicted molar refractivity (Wildman–Crippen MR) is 71.6 cm³/mol. The van der Waals surface area contributed by atoms with E-state index >= 15 is 0 Å². The Morgan fingerprint density at radius 1 is 1.47 bits per heavy atom. The normalized spacial score (nSPS) is 14.0. The summed E-state index contributed by atoms with van der Waals surface area (Å²) in [5, 5.41) is 5.70. The first kappa shape index (κ1) is 13.5. The van der Waals surface area contributed by atoms with Crippen LogP contribution in [0.2, 0.25) is 0 Å². The molecule has 2 rings (SSSR count). The summed E-state index contributed by atoms with van der Waals surface area (Å²) in [6.07, 6.45) is 1.95. The molecule has 1 fully saturated rings. The highest BCUT2D eigenvalue weighted by Crippen LogP contribution is 2.29. The van der Waals surface area contributed by atoms with Gasteiger partial charge in [-0.15, -0.1) is 0 Å². The minimum Gasteiger partial charge on any atom is -0.495 e. The number of methoxy groups -OCH3 is 1. The van der Waals surface area contributed by atoms with Crippen molar-refractivity contribution in [1.82, 2.24) is 5.32 Å². The van der Waals surface area contributed by atoms with E-state index in [0.717, 1.165) is 12.8 Å². The molecular formula is C13H18FN3O2. The third-order valence-corrected chi connectivity index (χ3v) is 3.01. The molecule has 0 spiro atoms. The molecule has 0 aliphatic heterocycles. The van der Waals surface area contributed by atoms with Crippen LogP contribution in [0.5, 0.6) is 5.75 Å². The van der Waals surface area contributed by atoms with Crippen molar-refractivity contribution in [2.45, 2.75) is 12.8 Å². The van der Waals surface area contributed by atoms with Crippen LogP contribution in [0.25, 0.3) is 0 Å². The molecule has 1 aliphatic rings. The molecule has 1 amide bonds. The summed E-state index contributed by atoms with van der Waals surface area (Å²) in [4.78, 5) is 11.4. The minimum atomic E-state index is -0.438. The summed E-state index contributed by atoms with van der Waals surface area (Å²) in [6.45, 7) is 0.907. The first-order chi connectivity index (χ1) is 9.11. The smallest absolute Gasteiger partial charge is 0.223 e. The third-order valence-electron chi connectivity index (χ3n) is 3.01. The van der Waals surface area contributed by atoms with Gasteiger partial charge in [0.1, 0.15) is 11.6 Å². The molecule has 1 aromatic carbocycles. The van der Waals surface area contributed by atoms with E-state index in [4.69, 9.17) is 10.5 Å². The molecule has 19 heavy (non-hydrogen) atoms. The molecule has 6 heteroatoms. The van der Waals surface area contributed by atoms with E-state index < -0.39 is 5.82 Å². The summed E-state index contributed by atoms with van der Waals surface area (Å²) in [5.41, 5.74) is 6.15. The van der Waals surface area contributed by atoms with Gasteiger partial charge in [-0.05, 0) is 12.8 Å². The van der Waals surface area contributed by atoms with E-state index in [-0.39, 0.29) is 17.5 Å². The molecule has 0 heterocycles. The zero-order valence-corrected chi connectivity index (χ0v) is 10.8. The summed E-state index contributed by atoms with van der Waals surface area (Å²) in [7, 11) is 1.48. The monoisotopic (exact) mass is 267 g/mol. The van der Waals surface area contributed by atoms with E-state index in [1.807, 2.05) is 0 Å². The molecule has 104 valence electrons. The van der Waals surface area contributed by atoms with Gasteiger partial charge in [0, 0.05) is 31.1 Å². The van der Waals surface area contributed by atoms with Gasteiger partial charge in [-0.1, -0.05) is 0 Å². The Kier molecular flexibility index (Phi) is 4.09. The Balaban J connectivity index is 1.83. The second-order valence-corrected chi connectivity index (χ2v) is 4.57. The Labute approximate surface area is 111 Å². The van der Waals surface area contributed by atoms with Crippen molar-refractivity contribution in [3.8, 4) is 5.75 Å². The molecule has 1 saturated carbocycles. The third kappa shape index (κ3) is 3.49. The standard InChI is InChI=1S/C13H18FN3O2/c1-19-12-7-11(9(14)6-10(12)15)16-4-5-17-13(18)8-2-3-8/h6-8,16H,2-5,15H2,1H3,(H,17,18). The van der Waals surface area contributed by atoms with Crippen LogP contribution in [0, 0.1) is 11.7 Å². The first-order valence-corrected chi connectivity index (χ1v) is 6.26. The number of anilines is 2. The maximum Gasteiger partial charge on any atom is 0.223 e. The van der Waals surface area contributed by atoms with Crippen LogP contribution in [-0.2, 0) is 4.79 Å². The van der Waals surface area contributed by atoms with Gasteiger partial charge in [-0.2, -0.15) is 0 Å². The number of nitrogens with two attached hydrogens (primary N) is 1. The van der Waals surface area contributed by atoms with Crippen LogP contribution in [0.3, 0.4) is 0 Å². The maximum atomic E-state index is 13.6. The van der Waals surface area contributed by atoms with Crippen LogP contribution >= 0.6 is 0 Å². The Hall–Kier alpha value is -1.98. The van der Waals surface area contributed by atoms with Gasteiger partial charge in [0.2, 0.25) is 5.91 Å². The largest absolute Gasteiger partial charge is 0.495 e. The summed E-state index contributed by atoms with van der Waals surface area (Å²) in [5.74, 6) is 0.253. The zero-order chi connectivity index (χ0) is 13.8. The zero-order valence-electron chi connectivity index (χ0n) is 10.8. The molecular weight excluding hydrogens is 249 g/mol. The molecule has 0 radical (unpaired) electrons. The van der Waals surface area contributed by atoms with E-state index in [9.17, 15) is 9.18 Å². The Morgan fingerprint density at radius 3 is 2.84 bits per heavy atom.